The number of rotatable bonds is 10. The van der Waals surface area contributed by atoms with Crippen LogP contribution in [0.2, 0.25) is 5.02 Å². The molecule has 2 aromatic carbocycles. The Morgan fingerprint density at radius 3 is 2.41 bits per heavy atom. The van der Waals surface area contributed by atoms with Crippen LogP contribution in [0.5, 0.6) is 0 Å². The maximum atomic E-state index is 13.3. The SMILES string of the molecule is CC[C@H](C(=O)NC(C)(C)C)N(Cc1cccc(C)c1)C(=O)CCCSc1ccc(Cl)cc1. The minimum atomic E-state index is -0.494. The summed E-state index contributed by atoms with van der Waals surface area (Å²) in [5.74, 6) is 0.743. The first kappa shape index (κ1) is 26.3. The first-order valence-electron chi connectivity index (χ1n) is 11.1. The lowest BCUT2D eigenvalue weighted by molar-refractivity contribution is -0.142. The normalized spacial score (nSPS) is 12.3. The van der Waals surface area contributed by atoms with Crippen LogP contribution >= 0.6 is 23.4 Å². The van der Waals surface area contributed by atoms with Gasteiger partial charge in [-0.3, -0.25) is 9.59 Å². The van der Waals surface area contributed by atoms with Crippen LogP contribution in [0.4, 0.5) is 0 Å². The van der Waals surface area contributed by atoms with Gasteiger partial charge in [-0.25, -0.2) is 0 Å². The van der Waals surface area contributed by atoms with Gasteiger partial charge in [0.25, 0.3) is 0 Å². The standard InChI is InChI=1S/C26H35ClN2O2S/c1-6-23(25(31)28-26(3,4)5)29(18-20-10-7-9-19(2)17-20)24(30)11-8-16-32-22-14-12-21(27)13-15-22/h7,9-10,12-15,17,23H,6,8,11,16,18H2,1-5H3,(H,28,31)/t23-/m1/s1. The van der Waals surface area contributed by atoms with Gasteiger partial charge in [-0.1, -0.05) is 48.4 Å². The Labute approximate surface area is 202 Å². The lowest BCUT2D eigenvalue weighted by Gasteiger charge is -2.33. The van der Waals surface area contributed by atoms with Crippen molar-refractivity contribution in [2.45, 2.75) is 76.9 Å². The molecule has 0 radical (unpaired) electrons. The smallest absolute Gasteiger partial charge is 0.243 e. The number of nitrogens with zero attached hydrogens (tertiary/aromatic N) is 1. The summed E-state index contributed by atoms with van der Waals surface area (Å²) >= 11 is 7.65. The Balaban J connectivity index is 2.08. The molecule has 1 N–H and O–H groups in total. The number of hydrogen-bond donors (Lipinski definition) is 1. The molecule has 0 spiro atoms. The van der Waals surface area contributed by atoms with Gasteiger partial charge in [0.05, 0.1) is 0 Å². The van der Waals surface area contributed by atoms with Crippen LogP contribution in [0.3, 0.4) is 0 Å². The highest BCUT2D eigenvalue weighted by molar-refractivity contribution is 7.99. The molecule has 0 aliphatic rings. The molecular formula is C26H35ClN2O2S. The number of halogens is 1. The van der Waals surface area contributed by atoms with Crippen molar-refractivity contribution in [1.82, 2.24) is 10.2 Å². The van der Waals surface area contributed by atoms with Crippen molar-refractivity contribution in [3.05, 3.63) is 64.7 Å². The number of benzene rings is 2. The zero-order valence-corrected chi connectivity index (χ0v) is 21.4. The van der Waals surface area contributed by atoms with Crippen LogP contribution < -0.4 is 5.32 Å². The van der Waals surface area contributed by atoms with Crippen LogP contribution in [-0.4, -0.2) is 34.0 Å². The molecule has 174 valence electrons. The van der Waals surface area contributed by atoms with E-state index in [1.165, 1.54) is 0 Å². The molecule has 0 aliphatic heterocycles. The van der Waals surface area contributed by atoms with Crippen molar-refractivity contribution in [1.29, 1.82) is 0 Å². The number of nitrogens with one attached hydrogen (secondary N) is 1. The highest BCUT2D eigenvalue weighted by Crippen LogP contribution is 2.22. The van der Waals surface area contributed by atoms with Gasteiger partial charge < -0.3 is 10.2 Å². The summed E-state index contributed by atoms with van der Waals surface area (Å²) in [4.78, 5) is 29.2. The minimum absolute atomic E-state index is 0.0131. The van der Waals surface area contributed by atoms with Gasteiger partial charge in [0.1, 0.15) is 6.04 Å². The van der Waals surface area contributed by atoms with E-state index in [4.69, 9.17) is 11.6 Å². The molecule has 1 atom stereocenters. The van der Waals surface area contributed by atoms with E-state index in [0.29, 0.717) is 19.4 Å². The van der Waals surface area contributed by atoms with E-state index < -0.39 is 6.04 Å². The second-order valence-electron chi connectivity index (χ2n) is 9.08. The zero-order chi connectivity index (χ0) is 23.7. The Bertz CT molecular complexity index is 893. The van der Waals surface area contributed by atoms with Gasteiger partial charge in [0.15, 0.2) is 0 Å². The van der Waals surface area contributed by atoms with Crippen LogP contribution in [0.15, 0.2) is 53.4 Å². The van der Waals surface area contributed by atoms with Gasteiger partial charge in [0.2, 0.25) is 11.8 Å². The van der Waals surface area contributed by atoms with E-state index in [-0.39, 0.29) is 17.4 Å². The Morgan fingerprint density at radius 1 is 1.12 bits per heavy atom. The lowest BCUT2D eigenvalue weighted by atomic mass is 10.0. The molecule has 4 nitrogen and oxygen atoms in total. The quantitative estimate of drug-likeness (QED) is 0.327. The first-order chi connectivity index (χ1) is 15.1. The molecule has 0 saturated carbocycles. The van der Waals surface area contributed by atoms with E-state index in [1.807, 2.05) is 77.1 Å². The summed E-state index contributed by atoms with van der Waals surface area (Å²) in [6.45, 7) is 10.3. The molecule has 0 saturated heterocycles. The molecule has 2 rings (SSSR count). The molecule has 2 aromatic rings. The van der Waals surface area contributed by atoms with E-state index in [0.717, 1.165) is 33.2 Å². The summed E-state index contributed by atoms with van der Waals surface area (Å²) in [6, 6.07) is 15.3. The molecule has 0 fully saturated rings. The summed E-state index contributed by atoms with van der Waals surface area (Å²) in [5, 5.41) is 3.77. The average Bonchev–Trinajstić information content (AvgIpc) is 2.71. The maximum Gasteiger partial charge on any atom is 0.243 e. The fourth-order valence-electron chi connectivity index (χ4n) is 3.47. The molecule has 2 amide bonds. The Kier molecular flexibility index (Phi) is 10.1. The molecule has 0 aromatic heterocycles. The topological polar surface area (TPSA) is 49.4 Å². The van der Waals surface area contributed by atoms with E-state index in [1.54, 1.807) is 16.7 Å². The minimum Gasteiger partial charge on any atom is -0.350 e. The summed E-state index contributed by atoms with van der Waals surface area (Å²) < 4.78 is 0. The number of carbonyl (C=O) groups is 2. The van der Waals surface area contributed by atoms with Crippen LogP contribution in [0.1, 0.15) is 58.1 Å². The molecule has 32 heavy (non-hydrogen) atoms. The third-order valence-corrected chi connectivity index (χ3v) is 6.29. The largest absolute Gasteiger partial charge is 0.350 e. The lowest BCUT2D eigenvalue weighted by Crippen LogP contribution is -2.53. The molecule has 6 heteroatoms. The maximum absolute atomic E-state index is 13.3. The second-order valence-corrected chi connectivity index (χ2v) is 10.7. The van der Waals surface area contributed by atoms with E-state index in [2.05, 4.69) is 11.4 Å². The predicted molar refractivity (Wildman–Crippen MR) is 135 cm³/mol. The fraction of sp³-hybridized carbons (Fsp3) is 0.462. The molecular weight excluding hydrogens is 440 g/mol. The molecule has 0 bridgehead atoms. The first-order valence-corrected chi connectivity index (χ1v) is 12.5. The Hall–Kier alpha value is -1.98. The van der Waals surface area contributed by atoms with Crippen molar-refractivity contribution in [2.75, 3.05) is 5.75 Å². The number of aryl methyl sites for hydroxylation is 1. The van der Waals surface area contributed by atoms with Crippen molar-refractivity contribution in [3.63, 3.8) is 0 Å². The summed E-state index contributed by atoms with van der Waals surface area (Å²) in [7, 11) is 0. The highest BCUT2D eigenvalue weighted by atomic mass is 35.5. The van der Waals surface area contributed by atoms with Crippen molar-refractivity contribution < 1.29 is 9.59 Å². The van der Waals surface area contributed by atoms with Crippen LogP contribution in [0.25, 0.3) is 0 Å². The van der Waals surface area contributed by atoms with Crippen molar-refractivity contribution in [2.24, 2.45) is 0 Å². The van der Waals surface area contributed by atoms with Gasteiger partial charge in [-0.2, -0.15) is 0 Å². The zero-order valence-electron chi connectivity index (χ0n) is 19.8. The van der Waals surface area contributed by atoms with Gasteiger partial charge in [-0.15, -0.1) is 11.8 Å². The molecule has 0 unspecified atom stereocenters. The van der Waals surface area contributed by atoms with Crippen LogP contribution in [0, 0.1) is 6.92 Å². The highest BCUT2D eigenvalue weighted by Gasteiger charge is 2.30. The second kappa shape index (κ2) is 12.3. The number of hydrogen-bond acceptors (Lipinski definition) is 3. The van der Waals surface area contributed by atoms with Crippen molar-refractivity contribution in [3.8, 4) is 0 Å². The molecule has 0 heterocycles. The average molecular weight is 475 g/mol. The van der Waals surface area contributed by atoms with Gasteiger partial charge in [-0.05, 0) is 76.1 Å². The Morgan fingerprint density at radius 2 is 1.81 bits per heavy atom. The number of carbonyl (C=O) groups excluding carboxylic acids is 2. The van der Waals surface area contributed by atoms with E-state index in [9.17, 15) is 9.59 Å². The third-order valence-electron chi connectivity index (χ3n) is 4.94. The number of amides is 2. The predicted octanol–water partition coefficient (Wildman–Crippen LogP) is 6.24. The fourth-order valence-corrected chi connectivity index (χ4v) is 4.45. The molecule has 0 aliphatic carbocycles. The third kappa shape index (κ3) is 8.87. The summed E-state index contributed by atoms with van der Waals surface area (Å²) in [6.07, 6.45) is 1.72. The van der Waals surface area contributed by atoms with Crippen molar-refractivity contribution >= 4 is 35.2 Å². The van der Waals surface area contributed by atoms with E-state index >= 15 is 0 Å². The number of thioether (sulfide) groups is 1. The summed E-state index contributed by atoms with van der Waals surface area (Å²) in [5.41, 5.74) is 1.83. The van der Waals surface area contributed by atoms with Gasteiger partial charge >= 0.3 is 0 Å². The van der Waals surface area contributed by atoms with Gasteiger partial charge in [0, 0.05) is 28.4 Å². The van der Waals surface area contributed by atoms with Crippen LogP contribution in [-0.2, 0) is 16.1 Å². The monoisotopic (exact) mass is 474 g/mol.